The largest absolute Gasteiger partial charge is 0.433 e. The van der Waals surface area contributed by atoms with Gasteiger partial charge in [-0.2, -0.15) is 13.2 Å². The van der Waals surface area contributed by atoms with E-state index in [0.717, 1.165) is 6.20 Å². The summed E-state index contributed by atoms with van der Waals surface area (Å²) in [5, 5.41) is 0. The summed E-state index contributed by atoms with van der Waals surface area (Å²) >= 11 is 0. The summed E-state index contributed by atoms with van der Waals surface area (Å²) in [4.78, 5) is 35.0. The lowest BCUT2D eigenvalue weighted by atomic mass is 10.0. The lowest BCUT2D eigenvalue weighted by Crippen LogP contribution is -2.52. The average Bonchev–Trinajstić information content (AvgIpc) is 2.68. The topological polar surface area (TPSA) is 65.9 Å². The maximum atomic E-state index is 13.6. The van der Waals surface area contributed by atoms with Gasteiger partial charge in [0.05, 0.1) is 30.2 Å². The number of amides is 2. The van der Waals surface area contributed by atoms with E-state index in [9.17, 15) is 27.2 Å². The Morgan fingerprint density at radius 2 is 1.84 bits per heavy atom. The fourth-order valence-corrected chi connectivity index (χ4v) is 3.70. The predicted molar refractivity (Wildman–Crippen MR) is 105 cm³/mol. The number of dihydropyridines is 1. The molecule has 0 fully saturated rings. The summed E-state index contributed by atoms with van der Waals surface area (Å²) in [5.74, 6) is -1.60. The van der Waals surface area contributed by atoms with E-state index >= 15 is 0 Å². The highest BCUT2D eigenvalue weighted by Gasteiger charge is 2.39. The van der Waals surface area contributed by atoms with Crippen molar-refractivity contribution in [3.63, 3.8) is 0 Å². The Bertz CT molecular complexity index is 1160. The summed E-state index contributed by atoms with van der Waals surface area (Å²) in [6.45, 7) is 3.17. The van der Waals surface area contributed by atoms with Crippen LogP contribution < -0.4 is 4.90 Å². The third-order valence-electron chi connectivity index (χ3n) is 5.17. The van der Waals surface area contributed by atoms with Crippen LogP contribution in [0, 0.1) is 12.7 Å². The van der Waals surface area contributed by atoms with Crippen molar-refractivity contribution >= 4 is 28.9 Å². The number of fused-ring (bicyclic) bond motifs is 1. The third-order valence-corrected chi connectivity index (χ3v) is 5.17. The molecule has 0 spiro atoms. The quantitative estimate of drug-likeness (QED) is 0.673. The van der Waals surface area contributed by atoms with Crippen molar-refractivity contribution in [2.75, 3.05) is 11.6 Å². The number of hydrogen-bond donors (Lipinski definition) is 0. The molecule has 0 aliphatic carbocycles. The van der Waals surface area contributed by atoms with Crippen LogP contribution in [-0.4, -0.2) is 40.1 Å². The van der Waals surface area contributed by atoms with Crippen molar-refractivity contribution in [3.05, 3.63) is 65.3 Å². The Morgan fingerprint density at radius 3 is 2.48 bits per heavy atom. The molecule has 2 aliphatic heterocycles. The average molecular weight is 432 g/mol. The normalized spacial score (nSPS) is 18.9. The van der Waals surface area contributed by atoms with E-state index in [1.54, 1.807) is 18.7 Å². The molecule has 0 N–H and O–H groups in total. The highest BCUT2D eigenvalue weighted by Crippen LogP contribution is 2.38. The standard InChI is InChI=1S/C21H16F4N4O2/c1-11-7-13(22)3-4-15(11)28-10-29(16-5-6-19(30)27-12(16)2)20(31)14-8-18(21(23,24)25)26-9-17(14)28/h3-9,16H,10H2,1-2H3. The Kier molecular flexibility index (Phi) is 4.87. The Balaban J connectivity index is 1.87. The first-order valence-electron chi connectivity index (χ1n) is 9.25. The molecular weight excluding hydrogens is 416 g/mol. The zero-order valence-corrected chi connectivity index (χ0v) is 16.4. The predicted octanol–water partition coefficient (Wildman–Crippen LogP) is 4.03. The van der Waals surface area contributed by atoms with Gasteiger partial charge in [0.15, 0.2) is 0 Å². The number of anilines is 2. The van der Waals surface area contributed by atoms with Crippen molar-refractivity contribution in [1.29, 1.82) is 0 Å². The van der Waals surface area contributed by atoms with Crippen LogP contribution in [0.15, 0.2) is 47.6 Å². The minimum absolute atomic E-state index is 0.0542. The van der Waals surface area contributed by atoms with Gasteiger partial charge in [-0.05, 0) is 43.7 Å². The molecule has 2 aromatic rings. The molecule has 4 rings (SSSR count). The number of hydrogen-bond acceptors (Lipinski definition) is 4. The van der Waals surface area contributed by atoms with Crippen LogP contribution in [0.25, 0.3) is 0 Å². The fourth-order valence-electron chi connectivity index (χ4n) is 3.70. The highest BCUT2D eigenvalue weighted by atomic mass is 19.4. The lowest BCUT2D eigenvalue weighted by Gasteiger charge is -2.41. The number of alkyl halides is 3. The fraction of sp³-hybridized carbons (Fsp3) is 0.238. The van der Waals surface area contributed by atoms with Crippen molar-refractivity contribution < 1.29 is 27.2 Å². The Labute approximate surface area is 174 Å². The van der Waals surface area contributed by atoms with Gasteiger partial charge in [0, 0.05) is 17.5 Å². The number of nitrogens with zero attached hydrogens (tertiary/aromatic N) is 4. The molecule has 0 radical (unpaired) electrons. The highest BCUT2D eigenvalue weighted by molar-refractivity contribution is 6.10. The van der Waals surface area contributed by atoms with Crippen molar-refractivity contribution in [2.24, 2.45) is 4.99 Å². The van der Waals surface area contributed by atoms with Crippen LogP contribution >= 0.6 is 0 Å². The van der Waals surface area contributed by atoms with Gasteiger partial charge in [0.2, 0.25) is 0 Å². The molecule has 1 aromatic carbocycles. The number of carbonyl (C=O) groups is 2. The first kappa shape index (κ1) is 20.7. The molecule has 0 saturated carbocycles. The summed E-state index contributed by atoms with van der Waals surface area (Å²) in [6, 6.07) is 4.00. The van der Waals surface area contributed by atoms with Gasteiger partial charge in [-0.1, -0.05) is 6.08 Å². The number of aliphatic imine (C=N–C) groups is 1. The van der Waals surface area contributed by atoms with E-state index in [1.165, 1.54) is 35.3 Å². The van der Waals surface area contributed by atoms with Gasteiger partial charge in [-0.15, -0.1) is 0 Å². The Morgan fingerprint density at radius 1 is 1.10 bits per heavy atom. The zero-order valence-electron chi connectivity index (χ0n) is 16.4. The molecule has 0 saturated heterocycles. The number of benzene rings is 1. The molecule has 1 atom stereocenters. The molecule has 2 amide bonds. The molecule has 1 aromatic heterocycles. The van der Waals surface area contributed by atoms with Crippen LogP contribution in [-0.2, 0) is 11.0 Å². The van der Waals surface area contributed by atoms with Crippen LogP contribution in [0.5, 0.6) is 0 Å². The number of pyridine rings is 1. The number of aryl methyl sites for hydroxylation is 1. The minimum atomic E-state index is -4.73. The monoisotopic (exact) mass is 432 g/mol. The van der Waals surface area contributed by atoms with E-state index in [4.69, 9.17) is 0 Å². The molecule has 160 valence electrons. The molecule has 6 nitrogen and oxygen atoms in total. The van der Waals surface area contributed by atoms with Crippen LogP contribution in [0.1, 0.15) is 28.5 Å². The minimum Gasteiger partial charge on any atom is -0.321 e. The molecule has 3 heterocycles. The molecular formula is C21H16F4N4O2. The van der Waals surface area contributed by atoms with E-state index < -0.39 is 35.5 Å². The number of rotatable bonds is 2. The van der Waals surface area contributed by atoms with Gasteiger partial charge in [-0.25, -0.2) is 14.4 Å². The van der Waals surface area contributed by atoms with Gasteiger partial charge >= 0.3 is 6.18 Å². The van der Waals surface area contributed by atoms with E-state index in [0.29, 0.717) is 23.0 Å². The second-order valence-electron chi connectivity index (χ2n) is 7.26. The van der Waals surface area contributed by atoms with Gasteiger partial charge in [-0.3, -0.25) is 9.59 Å². The van der Waals surface area contributed by atoms with Gasteiger partial charge in [0.25, 0.3) is 11.8 Å². The van der Waals surface area contributed by atoms with Crippen molar-refractivity contribution in [2.45, 2.75) is 26.1 Å². The van der Waals surface area contributed by atoms with Gasteiger partial charge < -0.3 is 9.80 Å². The number of halogens is 4. The summed E-state index contributed by atoms with van der Waals surface area (Å²) < 4.78 is 53.4. The Hall–Kier alpha value is -3.56. The molecule has 2 aliphatic rings. The maximum absolute atomic E-state index is 13.6. The maximum Gasteiger partial charge on any atom is 0.433 e. The van der Waals surface area contributed by atoms with Crippen LogP contribution in [0.4, 0.5) is 28.9 Å². The van der Waals surface area contributed by atoms with Gasteiger partial charge in [0.1, 0.15) is 11.5 Å². The molecule has 10 heteroatoms. The first-order valence-corrected chi connectivity index (χ1v) is 9.25. The zero-order chi connectivity index (χ0) is 22.5. The lowest BCUT2D eigenvalue weighted by molar-refractivity contribution is -0.141. The van der Waals surface area contributed by atoms with E-state index in [2.05, 4.69) is 9.98 Å². The summed E-state index contributed by atoms with van der Waals surface area (Å²) in [7, 11) is 0. The van der Waals surface area contributed by atoms with E-state index in [-0.39, 0.29) is 17.9 Å². The summed E-state index contributed by atoms with van der Waals surface area (Å²) in [6.07, 6.45) is -1.04. The smallest absolute Gasteiger partial charge is 0.321 e. The number of carbonyl (C=O) groups excluding carboxylic acids is 2. The van der Waals surface area contributed by atoms with Crippen LogP contribution in [0.2, 0.25) is 0 Å². The third kappa shape index (κ3) is 3.69. The second kappa shape index (κ2) is 7.29. The number of aromatic nitrogens is 1. The second-order valence-corrected chi connectivity index (χ2v) is 7.26. The van der Waals surface area contributed by atoms with Crippen molar-refractivity contribution in [1.82, 2.24) is 9.88 Å². The van der Waals surface area contributed by atoms with Crippen LogP contribution in [0.3, 0.4) is 0 Å². The SMILES string of the molecule is CC1=NC(=O)C=CC1N1CN(c2ccc(F)cc2C)c2cnc(C(F)(F)F)cc2C1=O. The van der Waals surface area contributed by atoms with E-state index in [1.807, 2.05) is 0 Å². The molecule has 0 bridgehead atoms. The molecule has 31 heavy (non-hydrogen) atoms. The summed E-state index contributed by atoms with van der Waals surface area (Å²) in [5.41, 5.74) is 0.152. The van der Waals surface area contributed by atoms with Crippen molar-refractivity contribution in [3.8, 4) is 0 Å². The molecule has 1 unspecified atom stereocenters. The first-order chi connectivity index (χ1) is 14.6.